The fourth-order valence-corrected chi connectivity index (χ4v) is 1.96. The minimum Gasteiger partial charge on any atom is -0.507 e. The Morgan fingerprint density at radius 2 is 2.33 bits per heavy atom. The van der Waals surface area contributed by atoms with Crippen molar-refractivity contribution in [2.75, 3.05) is 33.3 Å². The van der Waals surface area contributed by atoms with E-state index in [4.69, 9.17) is 4.74 Å². The standard InChI is InChI=1S/C13H18N2O3/c1-15-6-7-18-10(9-15)8-14-13(17)11-4-2-3-5-12(11)16/h2-5,10,16H,6-9H2,1H3,(H,14,17). The number of ether oxygens (including phenoxy) is 1. The summed E-state index contributed by atoms with van der Waals surface area (Å²) in [5.41, 5.74) is 0.293. The molecule has 5 nitrogen and oxygen atoms in total. The van der Waals surface area contributed by atoms with Gasteiger partial charge in [0.25, 0.3) is 5.91 Å². The lowest BCUT2D eigenvalue weighted by Gasteiger charge is -2.30. The van der Waals surface area contributed by atoms with Crippen LogP contribution in [0.1, 0.15) is 10.4 Å². The Kier molecular flexibility index (Phi) is 4.17. The number of aromatic hydroxyl groups is 1. The summed E-state index contributed by atoms with van der Waals surface area (Å²) in [7, 11) is 2.03. The van der Waals surface area contributed by atoms with Gasteiger partial charge in [-0.2, -0.15) is 0 Å². The predicted molar refractivity (Wildman–Crippen MR) is 67.7 cm³/mol. The Bertz CT molecular complexity index is 422. The fourth-order valence-electron chi connectivity index (χ4n) is 1.96. The number of nitrogens with zero attached hydrogens (tertiary/aromatic N) is 1. The highest BCUT2D eigenvalue weighted by molar-refractivity contribution is 5.96. The Morgan fingerprint density at radius 1 is 1.56 bits per heavy atom. The number of benzene rings is 1. The van der Waals surface area contributed by atoms with Crippen molar-refractivity contribution in [2.24, 2.45) is 0 Å². The van der Waals surface area contributed by atoms with E-state index in [0.717, 1.165) is 13.1 Å². The van der Waals surface area contributed by atoms with Gasteiger partial charge in [-0.05, 0) is 19.2 Å². The molecule has 0 saturated carbocycles. The van der Waals surface area contributed by atoms with Gasteiger partial charge < -0.3 is 20.1 Å². The van der Waals surface area contributed by atoms with Crippen molar-refractivity contribution in [3.05, 3.63) is 29.8 Å². The molecule has 2 rings (SSSR count). The molecule has 1 fully saturated rings. The SMILES string of the molecule is CN1CCOC(CNC(=O)c2ccccc2O)C1. The molecule has 1 aliphatic rings. The molecular weight excluding hydrogens is 232 g/mol. The summed E-state index contributed by atoms with van der Waals surface area (Å²) in [6.07, 6.45) is 0.0126. The number of morpholine rings is 1. The van der Waals surface area contributed by atoms with Crippen molar-refractivity contribution < 1.29 is 14.6 Å². The van der Waals surface area contributed by atoms with E-state index >= 15 is 0 Å². The number of nitrogens with one attached hydrogen (secondary N) is 1. The summed E-state index contributed by atoms with van der Waals surface area (Å²) >= 11 is 0. The minimum atomic E-state index is -0.273. The average molecular weight is 250 g/mol. The van der Waals surface area contributed by atoms with Crippen molar-refractivity contribution >= 4 is 5.91 Å². The highest BCUT2D eigenvalue weighted by Crippen LogP contribution is 2.15. The number of para-hydroxylation sites is 1. The van der Waals surface area contributed by atoms with Crippen LogP contribution in [0.25, 0.3) is 0 Å². The number of phenols is 1. The number of hydrogen-bond acceptors (Lipinski definition) is 4. The summed E-state index contributed by atoms with van der Waals surface area (Å²) < 4.78 is 5.55. The van der Waals surface area contributed by atoms with E-state index in [0.29, 0.717) is 18.7 Å². The first-order chi connectivity index (χ1) is 8.66. The highest BCUT2D eigenvalue weighted by Gasteiger charge is 2.19. The van der Waals surface area contributed by atoms with Crippen LogP contribution < -0.4 is 5.32 Å². The number of hydrogen-bond donors (Lipinski definition) is 2. The van der Waals surface area contributed by atoms with Crippen molar-refractivity contribution in [3.8, 4) is 5.75 Å². The molecular formula is C13H18N2O3. The molecule has 18 heavy (non-hydrogen) atoms. The maximum atomic E-state index is 11.8. The molecule has 0 aliphatic carbocycles. The van der Waals surface area contributed by atoms with E-state index in [9.17, 15) is 9.90 Å². The second kappa shape index (κ2) is 5.84. The van der Waals surface area contributed by atoms with Crippen LogP contribution >= 0.6 is 0 Å². The number of carbonyl (C=O) groups excluding carboxylic acids is 1. The number of carbonyl (C=O) groups is 1. The zero-order valence-corrected chi connectivity index (χ0v) is 10.4. The van der Waals surface area contributed by atoms with Gasteiger partial charge in [0.2, 0.25) is 0 Å². The maximum absolute atomic E-state index is 11.8. The van der Waals surface area contributed by atoms with Crippen LogP contribution in [0, 0.1) is 0 Å². The number of likely N-dealkylation sites (N-methyl/N-ethyl adjacent to an activating group) is 1. The van der Waals surface area contributed by atoms with Crippen LogP contribution in [-0.2, 0) is 4.74 Å². The van der Waals surface area contributed by atoms with Gasteiger partial charge in [-0.1, -0.05) is 12.1 Å². The van der Waals surface area contributed by atoms with Gasteiger partial charge in [0, 0.05) is 19.6 Å². The number of amides is 1. The van der Waals surface area contributed by atoms with Crippen LogP contribution in [0.3, 0.4) is 0 Å². The van der Waals surface area contributed by atoms with E-state index in [2.05, 4.69) is 10.2 Å². The van der Waals surface area contributed by atoms with Gasteiger partial charge in [0.15, 0.2) is 0 Å². The van der Waals surface area contributed by atoms with Gasteiger partial charge in [-0.3, -0.25) is 4.79 Å². The monoisotopic (exact) mass is 250 g/mol. The molecule has 1 atom stereocenters. The van der Waals surface area contributed by atoms with Crippen molar-refractivity contribution in [1.82, 2.24) is 10.2 Å². The molecule has 2 N–H and O–H groups in total. The lowest BCUT2D eigenvalue weighted by atomic mass is 10.2. The Labute approximate surface area is 106 Å². The first-order valence-electron chi connectivity index (χ1n) is 6.03. The van der Waals surface area contributed by atoms with E-state index in [-0.39, 0.29) is 17.8 Å². The lowest BCUT2D eigenvalue weighted by Crippen LogP contribution is -2.45. The molecule has 0 radical (unpaired) electrons. The normalized spacial score (nSPS) is 20.6. The molecule has 0 bridgehead atoms. The summed E-state index contributed by atoms with van der Waals surface area (Å²) in [5, 5.41) is 12.3. The first-order valence-corrected chi connectivity index (χ1v) is 6.03. The Balaban J connectivity index is 1.87. The predicted octanol–water partition coefficient (Wildman–Crippen LogP) is 0.453. The molecule has 1 saturated heterocycles. The molecule has 1 aliphatic heterocycles. The van der Waals surface area contributed by atoms with Crippen LogP contribution in [0.5, 0.6) is 5.75 Å². The van der Waals surface area contributed by atoms with Crippen LogP contribution in [0.4, 0.5) is 0 Å². The third-order valence-corrected chi connectivity index (χ3v) is 2.98. The zero-order valence-electron chi connectivity index (χ0n) is 10.4. The minimum absolute atomic E-state index is 0.00307. The summed E-state index contributed by atoms with van der Waals surface area (Å²) in [4.78, 5) is 14.0. The van der Waals surface area contributed by atoms with Crippen LogP contribution in [-0.4, -0.2) is 55.3 Å². The maximum Gasteiger partial charge on any atom is 0.255 e. The van der Waals surface area contributed by atoms with E-state index in [1.165, 1.54) is 6.07 Å². The average Bonchev–Trinajstić information content (AvgIpc) is 2.37. The van der Waals surface area contributed by atoms with Gasteiger partial charge in [-0.15, -0.1) is 0 Å². The molecule has 0 aromatic heterocycles. The third kappa shape index (κ3) is 3.21. The van der Waals surface area contributed by atoms with Gasteiger partial charge >= 0.3 is 0 Å². The Hall–Kier alpha value is -1.59. The van der Waals surface area contributed by atoms with Gasteiger partial charge in [0.1, 0.15) is 5.75 Å². The quantitative estimate of drug-likeness (QED) is 0.818. The second-order valence-corrected chi connectivity index (χ2v) is 4.48. The fraction of sp³-hybridized carbons (Fsp3) is 0.462. The van der Waals surface area contributed by atoms with Crippen LogP contribution in [0.2, 0.25) is 0 Å². The Morgan fingerprint density at radius 3 is 3.06 bits per heavy atom. The van der Waals surface area contributed by atoms with E-state index in [1.54, 1.807) is 18.2 Å². The van der Waals surface area contributed by atoms with Gasteiger partial charge in [-0.25, -0.2) is 0 Å². The van der Waals surface area contributed by atoms with Crippen molar-refractivity contribution in [2.45, 2.75) is 6.10 Å². The third-order valence-electron chi connectivity index (χ3n) is 2.98. The summed E-state index contributed by atoms with van der Waals surface area (Å²) in [6.45, 7) is 2.87. The molecule has 1 heterocycles. The molecule has 1 amide bonds. The largest absolute Gasteiger partial charge is 0.507 e. The van der Waals surface area contributed by atoms with Crippen molar-refractivity contribution in [1.29, 1.82) is 0 Å². The second-order valence-electron chi connectivity index (χ2n) is 4.48. The lowest BCUT2D eigenvalue weighted by molar-refractivity contribution is -0.0175. The van der Waals surface area contributed by atoms with Crippen molar-refractivity contribution in [3.63, 3.8) is 0 Å². The van der Waals surface area contributed by atoms with Crippen LogP contribution in [0.15, 0.2) is 24.3 Å². The smallest absolute Gasteiger partial charge is 0.255 e. The molecule has 98 valence electrons. The topological polar surface area (TPSA) is 61.8 Å². The molecule has 1 aromatic carbocycles. The molecule has 1 aromatic rings. The highest BCUT2D eigenvalue weighted by atomic mass is 16.5. The first kappa shape index (κ1) is 12.9. The van der Waals surface area contributed by atoms with E-state index < -0.39 is 0 Å². The number of rotatable bonds is 3. The molecule has 5 heteroatoms. The summed E-state index contributed by atoms with van der Waals surface area (Å²) in [5.74, 6) is -0.276. The summed E-state index contributed by atoms with van der Waals surface area (Å²) in [6, 6.07) is 6.50. The van der Waals surface area contributed by atoms with E-state index in [1.807, 2.05) is 7.05 Å². The van der Waals surface area contributed by atoms with Gasteiger partial charge in [0.05, 0.1) is 18.3 Å². The zero-order chi connectivity index (χ0) is 13.0. The molecule has 1 unspecified atom stereocenters. The number of phenolic OH excluding ortho intramolecular Hbond substituents is 1. The molecule has 0 spiro atoms.